The molecule has 1 atom stereocenters. The van der Waals surface area contributed by atoms with E-state index < -0.39 is 10.0 Å². The summed E-state index contributed by atoms with van der Waals surface area (Å²) in [5.74, 6) is 0.805. The van der Waals surface area contributed by atoms with Crippen molar-refractivity contribution in [2.45, 2.75) is 24.3 Å². The van der Waals surface area contributed by atoms with Crippen LogP contribution in [0.1, 0.15) is 18.4 Å². The second-order valence-electron chi connectivity index (χ2n) is 6.38. The average Bonchev–Trinajstić information content (AvgIpc) is 2.66. The highest BCUT2D eigenvalue weighted by Gasteiger charge is 2.26. The van der Waals surface area contributed by atoms with Gasteiger partial charge in [-0.3, -0.25) is 4.79 Å². The smallest absolute Gasteiger partial charge is 0.238 e. The summed E-state index contributed by atoms with van der Waals surface area (Å²) in [5.41, 5.74) is 0.822. The number of benzene rings is 1. The Bertz CT molecular complexity index is 854. The number of pyridine rings is 1. The van der Waals surface area contributed by atoms with E-state index in [2.05, 4.69) is 15.2 Å². The molecule has 0 spiro atoms. The van der Waals surface area contributed by atoms with E-state index in [9.17, 15) is 13.2 Å². The van der Waals surface area contributed by atoms with Gasteiger partial charge in [-0.15, -0.1) is 0 Å². The van der Waals surface area contributed by atoms with Crippen LogP contribution >= 0.6 is 0 Å². The highest BCUT2D eigenvalue weighted by molar-refractivity contribution is 7.89. The number of aromatic nitrogens is 1. The van der Waals surface area contributed by atoms with E-state index in [1.54, 1.807) is 18.3 Å². The van der Waals surface area contributed by atoms with Crippen molar-refractivity contribution in [1.82, 2.24) is 10.3 Å². The van der Waals surface area contributed by atoms with Gasteiger partial charge in [-0.2, -0.15) is 0 Å². The van der Waals surface area contributed by atoms with Crippen molar-refractivity contribution in [3.63, 3.8) is 0 Å². The van der Waals surface area contributed by atoms with Crippen molar-refractivity contribution in [3.8, 4) is 0 Å². The number of carbonyl (C=O) groups excluding carboxylic acids is 1. The number of anilines is 1. The first-order valence-corrected chi connectivity index (χ1v) is 10.0. The zero-order valence-electron chi connectivity index (χ0n) is 14.3. The van der Waals surface area contributed by atoms with Gasteiger partial charge in [0, 0.05) is 25.8 Å². The van der Waals surface area contributed by atoms with E-state index in [1.165, 1.54) is 12.1 Å². The molecule has 0 aliphatic carbocycles. The average molecular weight is 374 g/mol. The Balaban J connectivity index is 1.56. The molecular formula is C18H22N4O3S. The van der Waals surface area contributed by atoms with Crippen LogP contribution in [-0.4, -0.2) is 32.4 Å². The van der Waals surface area contributed by atoms with Crippen LogP contribution in [0.15, 0.2) is 53.6 Å². The minimum atomic E-state index is -3.70. The molecule has 7 nitrogen and oxygen atoms in total. The quantitative estimate of drug-likeness (QED) is 0.820. The fourth-order valence-electron chi connectivity index (χ4n) is 3.07. The van der Waals surface area contributed by atoms with Gasteiger partial charge in [-0.1, -0.05) is 18.2 Å². The van der Waals surface area contributed by atoms with Gasteiger partial charge in [0.25, 0.3) is 0 Å². The van der Waals surface area contributed by atoms with Crippen molar-refractivity contribution >= 4 is 21.7 Å². The number of nitrogens with zero attached hydrogens (tertiary/aromatic N) is 2. The number of rotatable bonds is 5. The minimum Gasteiger partial charge on any atom is -0.356 e. The standard InChI is InChI=1S/C18H22N4O3S/c19-26(24,25)16-8-6-14(7-9-16)12-21-18(23)15-4-3-11-22(13-15)17-5-1-2-10-20-17/h1-2,5-10,15H,3-4,11-13H2,(H,21,23)(H2,19,24,25)/t15-/m0/s1. The van der Waals surface area contributed by atoms with Crippen LogP contribution < -0.4 is 15.4 Å². The summed E-state index contributed by atoms with van der Waals surface area (Å²) in [6.07, 6.45) is 3.54. The zero-order chi connectivity index (χ0) is 18.6. The number of hydrogen-bond acceptors (Lipinski definition) is 5. The molecule has 0 radical (unpaired) electrons. The third-order valence-corrected chi connectivity index (χ3v) is 5.41. The maximum absolute atomic E-state index is 12.5. The van der Waals surface area contributed by atoms with E-state index in [0.29, 0.717) is 13.1 Å². The first kappa shape index (κ1) is 18.3. The number of piperidine rings is 1. The highest BCUT2D eigenvalue weighted by atomic mass is 32.2. The van der Waals surface area contributed by atoms with Gasteiger partial charge in [0.2, 0.25) is 15.9 Å². The normalized spacial score (nSPS) is 17.7. The van der Waals surface area contributed by atoms with Gasteiger partial charge < -0.3 is 10.2 Å². The van der Waals surface area contributed by atoms with Crippen LogP contribution in [-0.2, 0) is 21.4 Å². The molecule has 2 aromatic rings. The largest absolute Gasteiger partial charge is 0.356 e. The van der Waals surface area contributed by atoms with Gasteiger partial charge in [-0.05, 0) is 42.7 Å². The van der Waals surface area contributed by atoms with E-state index in [1.807, 2.05) is 18.2 Å². The van der Waals surface area contributed by atoms with Crippen LogP contribution in [0.25, 0.3) is 0 Å². The Morgan fingerprint density at radius 2 is 2.00 bits per heavy atom. The number of carbonyl (C=O) groups is 1. The Labute approximate surface area is 153 Å². The summed E-state index contributed by atoms with van der Waals surface area (Å²) in [4.78, 5) is 19.0. The maximum Gasteiger partial charge on any atom is 0.238 e. The number of nitrogens with one attached hydrogen (secondary N) is 1. The van der Waals surface area contributed by atoms with Crippen molar-refractivity contribution in [3.05, 3.63) is 54.2 Å². The molecule has 26 heavy (non-hydrogen) atoms. The fourth-order valence-corrected chi connectivity index (χ4v) is 3.59. The molecule has 1 fully saturated rings. The third kappa shape index (κ3) is 4.59. The fraction of sp³-hybridized carbons (Fsp3) is 0.333. The van der Waals surface area contributed by atoms with Crippen molar-refractivity contribution < 1.29 is 13.2 Å². The summed E-state index contributed by atoms with van der Waals surface area (Å²) in [5, 5.41) is 8.01. The first-order valence-electron chi connectivity index (χ1n) is 8.49. The van der Waals surface area contributed by atoms with Gasteiger partial charge in [-0.25, -0.2) is 18.5 Å². The molecule has 2 heterocycles. The van der Waals surface area contributed by atoms with E-state index in [0.717, 1.165) is 30.8 Å². The first-order chi connectivity index (χ1) is 12.4. The lowest BCUT2D eigenvalue weighted by Gasteiger charge is -2.32. The molecule has 138 valence electrons. The van der Waals surface area contributed by atoms with Crippen LogP contribution in [0.4, 0.5) is 5.82 Å². The number of primary sulfonamides is 1. The topological polar surface area (TPSA) is 105 Å². The van der Waals surface area contributed by atoms with Gasteiger partial charge in [0.05, 0.1) is 10.8 Å². The lowest BCUT2D eigenvalue weighted by molar-refractivity contribution is -0.125. The number of amides is 1. The molecule has 8 heteroatoms. The summed E-state index contributed by atoms with van der Waals surface area (Å²) < 4.78 is 22.5. The Morgan fingerprint density at radius 3 is 2.65 bits per heavy atom. The number of nitrogens with two attached hydrogens (primary N) is 1. The summed E-state index contributed by atoms with van der Waals surface area (Å²) >= 11 is 0. The minimum absolute atomic E-state index is 0.00107. The van der Waals surface area contributed by atoms with Crippen LogP contribution in [0.5, 0.6) is 0 Å². The molecule has 1 aromatic heterocycles. The lowest BCUT2D eigenvalue weighted by Crippen LogP contribution is -2.43. The molecule has 0 unspecified atom stereocenters. The maximum atomic E-state index is 12.5. The predicted molar refractivity (Wildman–Crippen MR) is 98.8 cm³/mol. The molecule has 0 saturated carbocycles. The SMILES string of the molecule is NS(=O)(=O)c1ccc(CNC(=O)[C@H]2CCCN(c3ccccn3)C2)cc1. The molecule has 0 bridgehead atoms. The summed E-state index contributed by atoms with van der Waals surface area (Å²) in [7, 11) is -3.70. The second-order valence-corrected chi connectivity index (χ2v) is 7.94. The Morgan fingerprint density at radius 1 is 1.23 bits per heavy atom. The predicted octanol–water partition coefficient (Wildman–Crippen LogP) is 1.26. The Kier molecular flexibility index (Phi) is 5.53. The lowest BCUT2D eigenvalue weighted by atomic mass is 9.97. The highest BCUT2D eigenvalue weighted by Crippen LogP contribution is 2.21. The van der Waals surface area contributed by atoms with E-state index in [4.69, 9.17) is 5.14 Å². The van der Waals surface area contributed by atoms with Crippen LogP contribution in [0.2, 0.25) is 0 Å². The molecule has 1 aromatic carbocycles. The summed E-state index contributed by atoms with van der Waals surface area (Å²) in [6.45, 7) is 1.90. The molecule has 3 rings (SSSR count). The monoisotopic (exact) mass is 374 g/mol. The van der Waals surface area contributed by atoms with E-state index in [-0.39, 0.29) is 16.7 Å². The second kappa shape index (κ2) is 7.84. The molecule has 1 aliphatic heterocycles. The molecule has 1 amide bonds. The van der Waals surface area contributed by atoms with Crippen molar-refractivity contribution in [2.75, 3.05) is 18.0 Å². The third-order valence-electron chi connectivity index (χ3n) is 4.48. The van der Waals surface area contributed by atoms with Gasteiger partial charge in [0.15, 0.2) is 0 Å². The van der Waals surface area contributed by atoms with Crippen LogP contribution in [0.3, 0.4) is 0 Å². The van der Waals surface area contributed by atoms with Crippen LogP contribution in [0, 0.1) is 5.92 Å². The molecule has 3 N–H and O–H groups in total. The molecule has 1 aliphatic rings. The number of hydrogen-bond donors (Lipinski definition) is 2. The van der Waals surface area contributed by atoms with E-state index >= 15 is 0 Å². The zero-order valence-corrected chi connectivity index (χ0v) is 15.2. The Hall–Kier alpha value is -2.45. The van der Waals surface area contributed by atoms with Gasteiger partial charge in [0.1, 0.15) is 5.82 Å². The summed E-state index contributed by atoms with van der Waals surface area (Å²) in [6, 6.07) is 12.0. The van der Waals surface area contributed by atoms with Gasteiger partial charge >= 0.3 is 0 Å². The number of sulfonamides is 1. The van der Waals surface area contributed by atoms with Crippen molar-refractivity contribution in [2.24, 2.45) is 11.1 Å². The molecular weight excluding hydrogens is 352 g/mol. The molecule has 1 saturated heterocycles. The van der Waals surface area contributed by atoms with Crippen molar-refractivity contribution in [1.29, 1.82) is 0 Å².